The highest BCUT2D eigenvalue weighted by Gasteiger charge is 2.34. The molecule has 0 amide bonds. The van der Waals surface area contributed by atoms with E-state index >= 15 is 0 Å². The maximum atomic E-state index is 11.4. The molecule has 4 nitrogen and oxygen atoms in total. The molecular weight excluding hydrogens is 230 g/mol. The molecule has 1 aromatic heterocycles. The zero-order chi connectivity index (χ0) is 12.8. The van der Waals surface area contributed by atoms with Crippen molar-refractivity contribution in [2.24, 2.45) is 5.41 Å². The van der Waals surface area contributed by atoms with Gasteiger partial charge in [-0.2, -0.15) is 0 Å². The lowest BCUT2D eigenvalue weighted by atomic mass is 9.83. The van der Waals surface area contributed by atoms with Crippen LogP contribution >= 0.6 is 0 Å². The molecule has 1 aromatic rings. The Bertz CT molecular complexity index is 355. The van der Waals surface area contributed by atoms with Crippen LogP contribution in [0, 0.1) is 5.41 Å². The largest absolute Gasteiger partial charge is 0.468 e. The minimum atomic E-state index is -0.332. The van der Waals surface area contributed by atoms with Crippen molar-refractivity contribution in [3.8, 4) is 0 Å². The second kappa shape index (κ2) is 6.16. The van der Waals surface area contributed by atoms with Gasteiger partial charge in [0.15, 0.2) is 0 Å². The molecule has 0 radical (unpaired) electrons. The number of carbonyl (C=O) groups excluding carboxylic acids is 1. The fraction of sp³-hybridized carbons (Fsp3) is 0.643. The van der Waals surface area contributed by atoms with Crippen LogP contribution in [-0.4, -0.2) is 37.5 Å². The van der Waals surface area contributed by atoms with Crippen LogP contribution in [0.15, 0.2) is 22.8 Å². The SMILES string of the molecule is CCN(Cc1ccco1)CC1(C=O)CCCOC1. The third kappa shape index (κ3) is 3.21. The van der Waals surface area contributed by atoms with Gasteiger partial charge in [0.25, 0.3) is 0 Å². The van der Waals surface area contributed by atoms with Gasteiger partial charge in [-0.1, -0.05) is 6.92 Å². The van der Waals surface area contributed by atoms with Gasteiger partial charge in [0, 0.05) is 13.2 Å². The summed E-state index contributed by atoms with van der Waals surface area (Å²) in [6, 6.07) is 3.86. The molecule has 1 aliphatic heterocycles. The third-order valence-electron chi connectivity index (χ3n) is 3.55. The molecule has 0 bridgehead atoms. The summed E-state index contributed by atoms with van der Waals surface area (Å²) in [5.74, 6) is 0.939. The number of hydrogen-bond acceptors (Lipinski definition) is 4. The molecule has 100 valence electrons. The molecular formula is C14H21NO3. The Morgan fingerprint density at radius 1 is 1.56 bits per heavy atom. The number of aldehydes is 1. The number of ether oxygens (including phenoxy) is 1. The molecule has 1 saturated heterocycles. The second-order valence-electron chi connectivity index (χ2n) is 5.02. The quantitative estimate of drug-likeness (QED) is 0.726. The predicted molar refractivity (Wildman–Crippen MR) is 68.2 cm³/mol. The molecule has 0 N–H and O–H groups in total. The van der Waals surface area contributed by atoms with E-state index in [-0.39, 0.29) is 5.41 Å². The number of carbonyl (C=O) groups is 1. The van der Waals surface area contributed by atoms with E-state index in [9.17, 15) is 4.79 Å². The third-order valence-corrected chi connectivity index (χ3v) is 3.55. The Hall–Kier alpha value is -1.13. The Morgan fingerprint density at radius 3 is 3.00 bits per heavy atom. The standard InChI is InChI=1S/C14H21NO3/c1-2-15(9-13-5-3-8-18-13)10-14(11-16)6-4-7-17-12-14/h3,5,8,11H,2,4,6-7,9-10,12H2,1H3. The molecule has 1 atom stereocenters. The van der Waals surface area contributed by atoms with E-state index in [1.165, 1.54) is 0 Å². The van der Waals surface area contributed by atoms with Gasteiger partial charge in [-0.3, -0.25) is 4.90 Å². The van der Waals surface area contributed by atoms with Crippen LogP contribution in [0.4, 0.5) is 0 Å². The second-order valence-corrected chi connectivity index (χ2v) is 5.02. The summed E-state index contributed by atoms with van der Waals surface area (Å²) in [7, 11) is 0. The highest BCUT2D eigenvalue weighted by Crippen LogP contribution is 2.28. The molecule has 1 aliphatic rings. The van der Waals surface area contributed by atoms with E-state index < -0.39 is 0 Å². The van der Waals surface area contributed by atoms with Gasteiger partial charge in [0.1, 0.15) is 12.0 Å². The highest BCUT2D eigenvalue weighted by atomic mass is 16.5. The summed E-state index contributed by atoms with van der Waals surface area (Å²) in [5.41, 5.74) is -0.332. The number of hydrogen-bond donors (Lipinski definition) is 0. The highest BCUT2D eigenvalue weighted by molar-refractivity contribution is 5.60. The fourth-order valence-electron chi connectivity index (χ4n) is 2.48. The van der Waals surface area contributed by atoms with Crippen LogP contribution in [0.3, 0.4) is 0 Å². The van der Waals surface area contributed by atoms with E-state index in [0.29, 0.717) is 6.61 Å². The zero-order valence-electron chi connectivity index (χ0n) is 10.9. The first-order valence-electron chi connectivity index (χ1n) is 6.57. The molecule has 0 saturated carbocycles. The van der Waals surface area contributed by atoms with Gasteiger partial charge < -0.3 is 13.9 Å². The fourth-order valence-corrected chi connectivity index (χ4v) is 2.48. The van der Waals surface area contributed by atoms with E-state index in [2.05, 4.69) is 11.8 Å². The zero-order valence-corrected chi connectivity index (χ0v) is 10.9. The Labute approximate surface area is 108 Å². The summed E-state index contributed by atoms with van der Waals surface area (Å²) in [5, 5.41) is 0. The monoisotopic (exact) mass is 251 g/mol. The van der Waals surface area contributed by atoms with Gasteiger partial charge in [-0.05, 0) is 31.5 Å². The van der Waals surface area contributed by atoms with Crippen molar-refractivity contribution in [3.63, 3.8) is 0 Å². The lowest BCUT2D eigenvalue weighted by Gasteiger charge is -2.36. The van der Waals surface area contributed by atoms with Crippen LogP contribution in [0.1, 0.15) is 25.5 Å². The molecule has 0 spiro atoms. The minimum Gasteiger partial charge on any atom is -0.468 e. The van der Waals surface area contributed by atoms with E-state index in [0.717, 1.165) is 51.1 Å². The molecule has 2 rings (SSSR count). The maximum Gasteiger partial charge on any atom is 0.129 e. The molecule has 4 heteroatoms. The first-order valence-corrected chi connectivity index (χ1v) is 6.57. The Morgan fingerprint density at radius 2 is 2.44 bits per heavy atom. The topological polar surface area (TPSA) is 42.7 Å². The number of furan rings is 1. The molecule has 0 aliphatic carbocycles. The number of nitrogens with zero attached hydrogens (tertiary/aromatic N) is 1. The molecule has 18 heavy (non-hydrogen) atoms. The normalized spacial score (nSPS) is 24.3. The smallest absolute Gasteiger partial charge is 0.129 e. The van der Waals surface area contributed by atoms with Gasteiger partial charge in [-0.25, -0.2) is 0 Å². The summed E-state index contributed by atoms with van der Waals surface area (Å²) in [6.45, 7) is 5.82. The average molecular weight is 251 g/mol. The van der Waals surface area contributed by atoms with Crippen molar-refractivity contribution < 1.29 is 13.9 Å². The summed E-state index contributed by atoms with van der Waals surface area (Å²) < 4.78 is 10.8. The van der Waals surface area contributed by atoms with Crippen LogP contribution < -0.4 is 0 Å². The first-order chi connectivity index (χ1) is 8.78. The number of rotatable bonds is 6. The van der Waals surface area contributed by atoms with E-state index in [1.54, 1.807) is 6.26 Å². The summed E-state index contributed by atoms with van der Waals surface area (Å²) >= 11 is 0. The molecule has 0 aromatic carbocycles. The van der Waals surface area contributed by atoms with Crippen molar-refractivity contribution in [2.75, 3.05) is 26.3 Å². The lowest BCUT2D eigenvalue weighted by Crippen LogP contribution is -2.44. The summed E-state index contributed by atoms with van der Waals surface area (Å²) in [6.07, 6.45) is 4.65. The van der Waals surface area contributed by atoms with Crippen molar-refractivity contribution >= 4 is 6.29 Å². The van der Waals surface area contributed by atoms with Crippen LogP contribution in [0.2, 0.25) is 0 Å². The Balaban J connectivity index is 1.97. The Kier molecular flexibility index (Phi) is 4.55. The van der Waals surface area contributed by atoms with E-state index in [4.69, 9.17) is 9.15 Å². The lowest BCUT2D eigenvalue weighted by molar-refractivity contribution is -0.125. The molecule has 1 fully saturated rings. The minimum absolute atomic E-state index is 0.332. The van der Waals surface area contributed by atoms with Crippen molar-refractivity contribution in [3.05, 3.63) is 24.2 Å². The van der Waals surface area contributed by atoms with E-state index in [1.807, 2.05) is 12.1 Å². The van der Waals surface area contributed by atoms with Crippen LogP contribution in [-0.2, 0) is 16.1 Å². The average Bonchev–Trinajstić information content (AvgIpc) is 2.92. The maximum absolute atomic E-state index is 11.4. The molecule has 1 unspecified atom stereocenters. The van der Waals surface area contributed by atoms with Crippen LogP contribution in [0.5, 0.6) is 0 Å². The van der Waals surface area contributed by atoms with Gasteiger partial charge in [0.2, 0.25) is 0 Å². The van der Waals surface area contributed by atoms with Crippen LogP contribution in [0.25, 0.3) is 0 Å². The van der Waals surface area contributed by atoms with Gasteiger partial charge in [0.05, 0.1) is 24.8 Å². The predicted octanol–water partition coefficient (Wildman–Crippen LogP) is 2.10. The first kappa shape index (κ1) is 13.3. The van der Waals surface area contributed by atoms with Crippen molar-refractivity contribution in [1.82, 2.24) is 4.90 Å². The summed E-state index contributed by atoms with van der Waals surface area (Å²) in [4.78, 5) is 13.6. The van der Waals surface area contributed by atoms with Crippen molar-refractivity contribution in [2.45, 2.75) is 26.3 Å². The van der Waals surface area contributed by atoms with Gasteiger partial charge in [-0.15, -0.1) is 0 Å². The van der Waals surface area contributed by atoms with Gasteiger partial charge >= 0.3 is 0 Å². The van der Waals surface area contributed by atoms with Crippen molar-refractivity contribution in [1.29, 1.82) is 0 Å². The molecule has 2 heterocycles.